The van der Waals surface area contributed by atoms with Crippen LogP contribution in [0.3, 0.4) is 0 Å². The van der Waals surface area contributed by atoms with Gasteiger partial charge >= 0.3 is 0 Å². The monoisotopic (exact) mass is 226 g/mol. The van der Waals surface area contributed by atoms with Crippen molar-refractivity contribution >= 4 is 15.6 Å². The average molecular weight is 226 g/mol. The molecule has 88 valence electrons. The van der Waals surface area contributed by atoms with Crippen molar-refractivity contribution in [1.82, 2.24) is 10.6 Å². The van der Waals surface area contributed by atoms with Crippen LogP contribution in [-0.2, 0) is 14.6 Å². The molecule has 0 amide bonds. The summed E-state index contributed by atoms with van der Waals surface area (Å²) in [4.78, 5) is 9.98. The van der Waals surface area contributed by atoms with E-state index in [0.29, 0.717) is 6.54 Å². The molecule has 0 fully saturated rings. The molecule has 5 nitrogen and oxygen atoms in total. The zero-order valence-corrected chi connectivity index (χ0v) is 9.36. The van der Waals surface area contributed by atoms with Crippen molar-refractivity contribution in [2.24, 2.45) is 0 Å². The molecule has 0 radical (unpaired) electrons. The number of likely N-dealkylation sites (N-methyl/N-ethyl adjacent to an activating group) is 1. The molecule has 0 rings (SSSR count). The van der Waals surface area contributed by atoms with E-state index in [-0.39, 0.29) is 19.1 Å². The van der Waals surface area contributed by atoms with Crippen LogP contribution >= 0.6 is 0 Å². The van der Waals surface area contributed by atoms with Crippen molar-refractivity contribution < 1.29 is 13.2 Å². The summed E-state index contributed by atoms with van der Waals surface area (Å²) >= 11 is 0. The van der Waals surface area contributed by atoms with Crippen LogP contribution in [0.4, 0.5) is 0 Å². The lowest BCUT2D eigenvalue weighted by molar-refractivity contribution is -0.116. The van der Waals surface area contributed by atoms with Crippen LogP contribution in [0.1, 0.15) is 14.4 Å². The Hall–Kier alpha value is -0.460. The Morgan fingerprint density at radius 3 is 1.64 bits per heavy atom. The van der Waals surface area contributed by atoms with Gasteiger partial charge in [-0.2, -0.15) is 0 Å². The molecule has 0 aromatic rings. The second-order valence-electron chi connectivity index (χ2n) is 2.66. The summed E-state index contributed by atoms with van der Waals surface area (Å²) in [6.45, 7) is 2.04. The van der Waals surface area contributed by atoms with Gasteiger partial charge in [-0.25, -0.2) is 8.42 Å². The zero-order chi connectivity index (χ0) is 10.9. The number of hydrogen-bond acceptors (Lipinski definition) is 5. The molecule has 0 saturated heterocycles. The summed E-state index contributed by atoms with van der Waals surface area (Å²) in [5, 5.41) is 5.24. The van der Waals surface area contributed by atoms with E-state index in [2.05, 4.69) is 10.6 Å². The second-order valence-corrected chi connectivity index (χ2v) is 4.80. The fourth-order valence-corrected chi connectivity index (χ4v) is 1.04. The van der Waals surface area contributed by atoms with Crippen molar-refractivity contribution in [3.05, 3.63) is 0 Å². The summed E-state index contributed by atoms with van der Waals surface area (Å²) in [5.74, 6) is 0.241. The quantitative estimate of drug-likeness (QED) is 0.684. The van der Waals surface area contributed by atoms with Crippen LogP contribution in [0.15, 0.2) is 0 Å². The lowest BCUT2D eigenvalue weighted by Gasteiger charge is -1.90. The number of carbonyl (C=O) groups excluding carboxylic acids is 1. The first-order chi connectivity index (χ1) is 5.83. The van der Waals surface area contributed by atoms with Gasteiger partial charge < -0.3 is 10.6 Å². The number of rotatable bonds is 4. The molecule has 0 aliphatic heterocycles. The van der Waals surface area contributed by atoms with Gasteiger partial charge in [-0.05, 0) is 21.0 Å². The summed E-state index contributed by atoms with van der Waals surface area (Å²) in [6.07, 6.45) is 1.18. The first kappa shape index (κ1) is 19.2. The van der Waals surface area contributed by atoms with Gasteiger partial charge in [0.15, 0.2) is 9.84 Å². The normalized spacial score (nSPS) is 9.43. The van der Waals surface area contributed by atoms with Crippen LogP contribution < -0.4 is 10.6 Å². The third kappa shape index (κ3) is 30.0. The maximum atomic E-state index is 10.2. The van der Waals surface area contributed by atoms with Crippen molar-refractivity contribution in [3.63, 3.8) is 0 Å². The Kier molecular flexibility index (Phi) is 14.5. The third-order valence-electron chi connectivity index (χ3n) is 0.832. The van der Waals surface area contributed by atoms with E-state index in [1.54, 1.807) is 21.0 Å². The van der Waals surface area contributed by atoms with Gasteiger partial charge in [0, 0.05) is 6.26 Å². The number of hydrogen-bond donors (Lipinski definition) is 2. The molecule has 0 aliphatic rings. The Bertz CT molecular complexity index is 225. The third-order valence-corrected chi connectivity index (χ3v) is 1.65. The fraction of sp³-hybridized carbons (Fsp3) is 0.875. The Labute approximate surface area is 87.2 Å². The summed E-state index contributed by atoms with van der Waals surface area (Å²) < 4.78 is 20.3. The fourth-order valence-electron chi connectivity index (χ4n) is 0.511. The number of nitrogens with one attached hydrogen (secondary N) is 2. The highest BCUT2D eigenvalue weighted by Crippen LogP contribution is 1.72. The molecule has 0 aromatic heterocycles. The maximum Gasteiger partial charge on any atom is 0.160 e. The van der Waals surface area contributed by atoms with Gasteiger partial charge in [0.2, 0.25) is 0 Å². The number of Topliss-reactive ketones (excluding diaryl/α,β-unsaturated/α-hetero) is 1. The van der Waals surface area contributed by atoms with Crippen LogP contribution in [0, 0.1) is 0 Å². The van der Waals surface area contributed by atoms with Gasteiger partial charge in [0.25, 0.3) is 0 Å². The summed E-state index contributed by atoms with van der Waals surface area (Å²) in [5.41, 5.74) is 0. The van der Waals surface area contributed by atoms with Gasteiger partial charge in [-0.3, -0.25) is 4.79 Å². The van der Waals surface area contributed by atoms with E-state index >= 15 is 0 Å². The second kappa shape index (κ2) is 10.6. The minimum absolute atomic E-state index is 0. The summed E-state index contributed by atoms with van der Waals surface area (Å²) in [6, 6.07) is 0. The van der Waals surface area contributed by atoms with Crippen LogP contribution in [-0.4, -0.2) is 47.0 Å². The molecule has 2 N–H and O–H groups in total. The summed E-state index contributed by atoms with van der Waals surface area (Å²) in [7, 11) is 0.564. The van der Waals surface area contributed by atoms with Gasteiger partial charge in [-0.15, -0.1) is 0 Å². The van der Waals surface area contributed by atoms with E-state index in [1.165, 1.54) is 6.26 Å². The molecule has 0 aromatic carbocycles. The standard InChI is InChI=1S/C4H9NO.C3H9NO2S.CH4/c1-4(6)3-5-2;1-4-3-7(2,5)6;/h5H,3H2,1-2H3;4H,3H2,1-2H3;1H4. The molecule has 0 saturated carbocycles. The molecule has 0 unspecified atom stereocenters. The Balaban J connectivity index is -0.000000163. The van der Waals surface area contributed by atoms with E-state index in [1.807, 2.05) is 0 Å². The minimum Gasteiger partial charge on any atom is -0.313 e. The van der Waals surface area contributed by atoms with Crippen LogP contribution in [0.2, 0.25) is 0 Å². The van der Waals surface area contributed by atoms with Gasteiger partial charge in [0.1, 0.15) is 5.78 Å². The first-order valence-corrected chi connectivity index (χ1v) is 5.86. The highest BCUT2D eigenvalue weighted by atomic mass is 32.2. The lowest BCUT2D eigenvalue weighted by Crippen LogP contribution is -2.16. The number of sulfone groups is 1. The first-order valence-electron chi connectivity index (χ1n) is 3.80. The van der Waals surface area contributed by atoms with Crippen molar-refractivity contribution in [2.45, 2.75) is 14.4 Å². The highest BCUT2D eigenvalue weighted by Gasteiger charge is 1.94. The van der Waals surface area contributed by atoms with Crippen LogP contribution in [0.5, 0.6) is 0 Å². The van der Waals surface area contributed by atoms with Gasteiger partial charge in [-0.1, -0.05) is 7.43 Å². The molecular weight excluding hydrogens is 204 g/mol. The lowest BCUT2D eigenvalue weighted by atomic mass is 10.5. The van der Waals surface area contributed by atoms with Crippen LogP contribution in [0.25, 0.3) is 0 Å². The predicted octanol–water partition coefficient (Wildman–Crippen LogP) is -0.361. The molecule has 6 heteroatoms. The molecule has 0 spiro atoms. The van der Waals surface area contributed by atoms with Gasteiger partial charge in [0.05, 0.1) is 12.4 Å². The molecule has 0 atom stereocenters. The molecule has 0 heterocycles. The zero-order valence-electron chi connectivity index (χ0n) is 8.55. The average Bonchev–Trinajstić information content (AvgIpc) is 1.84. The Morgan fingerprint density at radius 1 is 1.21 bits per heavy atom. The molecule has 14 heavy (non-hydrogen) atoms. The van der Waals surface area contributed by atoms with E-state index < -0.39 is 9.84 Å². The SMILES string of the molecule is C.CNCC(C)=O.CNCS(C)(=O)=O. The Morgan fingerprint density at radius 2 is 1.64 bits per heavy atom. The predicted molar refractivity (Wildman–Crippen MR) is 60.1 cm³/mol. The highest BCUT2D eigenvalue weighted by molar-refractivity contribution is 7.90. The van der Waals surface area contributed by atoms with E-state index in [0.717, 1.165) is 0 Å². The molecular formula is C8H22N2O3S. The van der Waals surface area contributed by atoms with Crippen molar-refractivity contribution in [3.8, 4) is 0 Å². The van der Waals surface area contributed by atoms with E-state index in [9.17, 15) is 13.2 Å². The van der Waals surface area contributed by atoms with E-state index in [4.69, 9.17) is 0 Å². The number of carbonyl (C=O) groups is 1. The smallest absolute Gasteiger partial charge is 0.160 e. The largest absolute Gasteiger partial charge is 0.313 e. The molecule has 0 bridgehead atoms. The molecule has 0 aliphatic carbocycles. The number of ketones is 1. The minimum atomic E-state index is -2.79. The maximum absolute atomic E-state index is 10.2. The van der Waals surface area contributed by atoms with Crippen molar-refractivity contribution in [2.75, 3.05) is 32.8 Å². The topological polar surface area (TPSA) is 75.3 Å². The van der Waals surface area contributed by atoms with Crippen molar-refractivity contribution in [1.29, 1.82) is 0 Å².